The Morgan fingerprint density at radius 2 is 1.71 bits per heavy atom. The minimum atomic E-state index is -1.17. The fraction of sp³-hybridized carbons (Fsp3) is 0.381. The number of piperidine rings is 2. The summed E-state index contributed by atoms with van der Waals surface area (Å²) in [5, 5.41) is 38.1. The highest BCUT2D eigenvalue weighted by Crippen LogP contribution is 2.42. The van der Waals surface area contributed by atoms with Gasteiger partial charge in [-0.25, -0.2) is 0 Å². The van der Waals surface area contributed by atoms with Crippen molar-refractivity contribution in [2.75, 3.05) is 39.8 Å². The van der Waals surface area contributed by atoms with Gasteiger partial charge in [-0.1, -0.05) is 53.5 Å². The first-order chi connectivity index (χ1) is 26.6. The molecule has 5 aromatic rings. The average molecular weight is 783 g/mol. The molecule has 0 unspecified atom stereocenters. The fourth-order valence-corrected chi connectivity index (χ4v) is 8.37. The monoisotopic (exact) mass is 781 g/mol. The quantitative estimate of drug-likeness (QED) is 0.118. The van der Waals surface area contributed by atoms with Crippen LogP contribution in [0.5, 0.6) is 5.75 Å². The molecule has 0 saturated carbocycles. The first-order valence-corrected chi connectivity index (χ1v) is 19.4. The lowest BCUT2D eigenvalue weighted by atomic mass is 9.71. The number of nitrogens with one attached hydrogen (secondary N) is 1. The van der Waals surface area contributed by atoms with Gasteiger partial charge in [0.05, 0.1) is 35.5 Å². The molecule has 13 heteroatoms. The molecule has 11 nitrogen and oxygen atoms in total. The third-order valence-corrected chi connectivity index (χ3v) is 12.1. The third-order valence-electron chi connectivity index (χ3n) is 11.3. The molecular weight excluding hydrogens is 737 g/mol. The van der Waals surface area contributed by atoms with Crippen molar-refractivity contribution in [3.8, 4) is 22.9 Å². The van der Waals surface area contributed by atoms with Gasteiger partial charge >= 0.3 is 5.97 Å². The van der Waals surface area contributed by atoms with Crippen molar-refractivity contribution in [2.45, 2.75) is 58.0 Å². The van der Waals surface area contributed by atoms with Crippen molar-refractivity contribution in [1.82, 2.24) is 29.9 Å². The van der Waals surface area contributed by atoms with E-state index in [9.17, 15) is 20.3 Å². The van der Waals surface area contributed by atoms with Crippen LogP contribution < -0.4 is 10.1 Å². The van der Waals surface area contributed by atoms with Crippen LogP contribution in [0.3, 0.4) is 0 Å². The van der Waals surface area contributed by atoms with Crippen LogP contribution in [0.15, 0.2) is 73.2 Å². The van der Waals surface area contributed by atoms with E-state index in [2.05, 4.69) is 57.5 Å². The number of nitriles is 1. The van der Waals surface area contributed by atoms with Crippen LogP contribution >= 0.6 is 23.2 Å². The first kappa shape index (κ1) is 38.7. The number of hydrogen-bond donors (Lipinski definition) is 3. The SMILES string of the molecule is CN1CCC2(CC1)CCN(Cc1cccc(-c3cccc4c3cnn4Cc3cc(OCc4cncc(C#N)c4)c(CN[C@@H](CO)C(=O)O)cc3Cl)c1Cl)CC2. The number of ether oxygens (including phenoxy) is 1. The van der Waals surface area contributed by atoms with Crippen LogP contribution in [-0.4, -0.2) is 86.6 Å². The minimum absolute atomic E-state index is 0.0770. The Morgan fingerprint density at radius 1 is 0.964 bits per heavy atom. The highest BCUT2D eigenvalue weighted by molar-refractivity contribution is 6.34. The molecule has 1 atom stereocenters. The number of fused-ring (bicyclic) bond motifs is 1. The number of hydrogen-bond acceptors (Lipinski definition) is 9. The molecule has 0 aliphatic carbocycles. The number of aliphatic hydroxyl groups excluding tert-OH is 1. The molecule has 0 bridgehead atoms. The molecule has 4 heterocycles. The number of pyridine rings is 1. The summed E-state index contributed by atoms with van der Waals surface area (Å²) in [7, 11) is 2.23. The third kappa shape index (κ3) is 8.81. The number of carbonyl (C=O) groups is 1. The summed E-state index contributed by atoms with van der Waals surface area (Å²) in [6.45, 7) is 5.35. The average Bonchev–Trinajstić information content (AvgIpc) is 3.61. The lowest BCUT2D eigenvalue weighted by molar-refractivity contribution is -0.140. The van der Waals surface area contributed by atoms with Crippen molar-refractivity contribution < 1.29 is 19.7 Å². The van der Waals surface area contributed by atoms with Gasteiger partial charge in [0.2, 0.25) is 0 Å². The summed E-state index contributed by atoms with van der Waals surface area (Å²) < 4.78 is 8.12. The number of benzene rings is 3. The van der Waals surface area contributed by atoms with Crippen LogP contribution in [0.4, 0.5) is 0 Å². The molecular formula is C42H45Cl2N7O4. The Bertz CT molecular complexity index is 2200. The molecule has 0 amide bonds. The number of likely N-dealkylation sites (tertiary alicyclic amines) is 2. The molecule has 286 valence electrons. The van der Waals surface area contributed by atoms with Gasteiger partial charge < -0.3 is 19.8 Å². The van der Waals surface area contributed by atoms with Gasteiger partial charge in [0.1, 0.15) is 24.5 Å². The Morgan fingerprint density at radius 3 is 2.45 bits per heavy atom. The maximum absolute atomic E-state index is 11.6. The van der Waals surface area contributed by atoms with Gasteiger partial charge in [0, 0.05) is 52.6 Å². The van der Waals surface area contributed by atoms with Crippen LogP contribution in [0, 0.1) is 16.7 Å². The Balaban J connectivity index is 1.12. The minimum Gasteiger partial charge on any atom is -0.489 e. The summed E-state index contributed by atoms with van der Waals surface area (Å²) in [5.74, 6) is -0.708. The van der Waals surface area contributed by atoms with Crippen LogP contribution in [0.1, 0.15) is 53.5 Å². The largest absolute Gasteiger partial charge is 0.489 e. The summed E-state index contributed by atoms with van der Waals surface area (Å²) in [5.41, 5.74) is 6.95. The van der Waals surface area contributed by atoms with Crippen LogP contribution in [0.2, 0.25) is 10.0 Å². The zero-order chi connectivity index (χ0) is 38.5. The molecule has 2 aliphatic rings. The highest BCUT2D eigenvalue weighted by Gasteiger charge is 2.36. The molecule has 2 aliphatic heterocycles. The first-order valence-electron chi connectivity index (χ1n) is 18.6. The number of nitrogens with zero attached hydrogens (tertiary/aromatic N) is 6. The summed E-state index contributed by atoms with van der Waals surface area (Å²) >= 11 is 14.1. The van der Waals surface area contributed by atoms with Crippen molar-refractivity contribution >= 4 is 40.1 Å². The van der Waals surface area contributed by atoms with E-state index >= 15 is 0 Å². The Labute approximate surface area is 331 Å². The van der Waals surface area contributed by atoms with E-state index in [0.29, 0.717) is 39.4 Å². The van der Waals surface area contributed by atoms with Crippen molar-refractivity contribution in [1.29, 1.82) is 5.26 Å². The Hall–Kier alpha value is -4.54. The van der Waals surface area contributed by atoms with E-state index in [1.54, 1.807) is 18.3 Å². The summed E-state index contributed by atoms with van der Waals surface area (Å²) in [6, 6.07) is 18.6. The summed E-state index contributed by atoms with van der Waals surface area (Å²) in [6.07, 6.45) is 10.0. The smallest absolute Gasteiger partial charge is 0.323 e. The fourth-order valence-electron chi connectivity index (χ4n) is 7.84. The van der Waals surface area contributed by atoms with E-state index in [-0.39, 0.29) is 13.2 Å². The molecule has 2 saturated heterocycles. The molecule has 2 aromatic heterocycles. The van der Waals surface area contributed by atoms with Gasteiger partial charge in [-0.2, -0.15) is 10.4 Å². The molecule has 3 aromatic carbocycles. The second kappa shape index (κ2) is 17.1. The Kier molecular flexibility index (Phi) is 12.0. The van der Waals surface area contributed by atoms with Gasteiger partial charge in [-0.05, 0) is 105 Å². The topological polar surface area (TPSA) is 140 Å². The maximum atomic E-state index is 11.6. The van der Waals surface area contributed by atoms with Crippen LogP contribution in [0.25, 0.3) is 22.0 Å². The second-order valence-corrected chi connectivity index (χ2v) is 15.7. The lowest BCUT2D eigenvalue weighted by Crippen LogP contribution is -2.45. The van der Waals surface area contributed by atoms with Crippen molar-refractivity contribution in [2.24, 2.45) is 5.41 Å². The zero-order valence-electron chi connectivity index (χ0n) is 30.8. The van der Waals surface area contributed by atoms with Gasteiger partial charge in [-0.3, -0.25) is 24.7 Å². The predicted molar refractivity (Wildman–Crippen MR) is 213 cm³/mol. The molecule has 2 fully saturated rings. The van der Waals surface area contributed by atoms with E-state index in [4.69, 9.17) is 33.0 Å². The normalized spacial score (nSPS) is 16.6. The van der Waals surface area contributed by atoms with Gasteiger partial charge in [-0.15, -0.1) is 0 Å². The molecule has 7 rings (SSSR count). The number of halogens is 2. The number of aromatic nitrogens is 3. The molecule has 55 heavy (non-hydrogen) atoms. The van der Waals surface area contributed by atoms with E-state index in [1.165, 1.54) is 45.0 Å². The second-order valence-electron chi connectivity index (χ2n) is 14.9. The maximum Gasteiger partial charge on any atom is 0.323 e. The molecule has 3 N–H and O–H groups in total. The van der Waals surface area contributed by atoms with Crippen molar-refractivity contribution in [3.05, 3.63) is 111 Å². The van der Waals surface area contributed by atoms with Gasteiger partial charge in [0.15, 0.2) is 0 Å². The predicted octanol–water partition coefficient (Wildman–Crippen LogP) is 6.75. The number of aliphatic carboxylic acids is 1. The number of carboxylic acid groups (broad SMARTS) is 1. The molecule has 1 spiro atoms. The standard InChI is InChI=1S/C42H45Cl2N7O4/c1-49-12-8-42(9-13-49)10-14-50(15-11-42)24-30-4-2-6-34(40(30)44)33-5-3-7-38-35(33)23-48-51(38)25-32-18-39(55-27-29-16-28(19-45)20-46-21-29)31(17-36(32)43)22-47-37(26-52)41(53)54/h2-7,16-18,20-21,23,37,47,52H,8-15,22,24-27H2,1H3,(H,53,54)/t37-/m0/s1. The van der Waals surface area contributed by atoms with Gasteiger partial charge in [0.25, 0.3) is 0 Å². The van der Waals surface area contributed by atoms with Crippen LogP contribution in [-0.2, 0) is 31.0 Å². The van der Waals surface area contributed by atoms with E-state index in [1.807, 2.05) is 29.1 Å². The lowest BCUT2D eigenvalue weighted by Gasteiger charge is -2.46. The van der Waals surface area contributed by atoms with Crippen molar-refractivity contribution in [3.63, 3.8) is 0 Å². The zero-order valence-corrected chi connectivity index (χ0v) is 32.4. The number of carboxylic acids is 1. The molecule has 0 radical (unpaired) electrons. The van der Waals surface area contributed by atoms with E-state index in [0.717, 1.165) is 57.8 Å². The summed E-state index contributed by atoms with van der Waals surface area (Å²) in [4.78, 5) is 20.7. The highest BCUT2D eigenvalue weighted by atomic mass is 35.5. The number of aliphatic hydroxyl groups is 1. The number of rotatable bonds is 13. The van der Waals surface area contributed by atoms with E-state index < -0.39 is 18.6 Å².